The van der Waals surface area contributed by atoms with Crippen molar-refractivity contribution in [3.8, 4) is 0 Å². The molecule has 0 radical (unpaired) electrons. The molecule has 48 heavy (non-hydrogen) atoms. The Labute approximate surface area is 285 Å². The van der Waals surface area contributed by atoms with E-state index in [1.54, 1.807) is 36.7 Å². The van der Waals surface area contributed by atoms with E-state index in [0.717, 1.165) is 29.5 Å². The van der Waals surface area contributed by atoms with Gasteiger partial charge in [0, 0.05) is 31.0 Å². The summed E-state index contributed by atoms with van der Waals surface area (Å²) in [6, 6.07) is 18.1. The van der Waals surface area contributed by atoms with Gasteiger partial charge in [-0.15, -0.1) is 0 Å². The summed E-state index contributed by atoms with van der Waals surface area (Å²) in [6.07, 6.45) is 4.30. The summed E-state index contributed by atoms with van der Waals surface area (Å²) in [7, 11) is -3.94. The van der Waals surface area contributed by atoms with Crippen LogP contribution in [-0.2, 0) is 31.6 Å². The van der Waals surface area contributed by atoms with Crippen LogP contribution in [0, 0.1) is 18.3 Å². The lowest BCUT2D eigenvalue weighted by atomic mass is 9.85. The number of aromatic nitrogens is 1. The molecule has 260 valence electrons. The van der Waals surface area contributed by atoms with Gasteiger partial charge < -0.3 is 15.7 Å². The first kappa shape index (κ1) is 37.2. The lowest BCUT2D eigenvalue weighted by Gasteiger charge is -2.34. The number of hydrogen-bond donors (Lipinski definition) is 4. The van der Waals surface area contributed by atoms with Crippen molar-refractivity contribution in [1.29, 1.82) is 0 Å². The fourth-order valence-electron chi connectivity index (χ4n) is 5.77. The zero-order chi connectivity index (χ0) is 35.1. The van der Waals surface area contributed by atoms with Crippen LogP contribution in [-0.4, -0.2) is 72.4 Å². The van der Waals surface area contributed by atoms with E-state index in [1.165, 1.54) is 4.31 Å². The van der Waals surface area contributed by atoms with Crippen molar-refractivity contribution in [2.24, 2.45) is 11.3 Å². The number of aryl methyl sites for hydroxylation is 1. The number of benzene rings is 2. The minimum atomic E-state index is -3.94. The van der Waals surface area contributed by atoms with Gasteiger partial charge in [-0.1, -0.05) is 88.7 Å². The molecule has 1 aromatic heterocycles. The maximum absolute atomic E-state index is 14.0. The molecule has 1 fully saturated rings. The van der Waals surface area contributed by atoms with Crippen LogP contribution in [0.1, 0.15) is 64.2 Å². The van der Waals surface area contributed by atoms with Crippen molar-refractivity contribution in [3.63, 3.8) is 0 Å². The molecule has 1 saturated carbocycles. The molecule has 3 unspecified atom stereocenters. The van der Waals surface area contributed by atoms with Gasteiger partial charge in [0.05, 0.1) is 23.6 Å². The highest BCUT2D eigenvalue weighted by Crippen LogP contribution is 2.44. The molecule has 4 rings (SSSR count). The summed E-state index contributed by atoms with van der Waals surface area (Å²) in [5.74, 6) is -0.796. The predicted octanol–water partition coefficient (Wildman–Crippen LogP) is 3.93. The standard InChI is InChI=1S/C37H51N5O5S/c1-26(2)24-42(48(46,47)30-16-14-27(3)15-17-30)25-32(43)31(21-28-11-8-7-9-12-28)40-35(45)34(36(4,5)6)41-33(44)23-39-37(18-19-37)29-13-10-20-38-22-29/h7-17,20,22,26,31-32,34,39,43H,18-19,21,23-25H2,1-6H3,(H,40,45)(H,41,44). The zero-order valence-electron chi connectivity index (χ0n) is 28.9. The van der Waals surface area contributed by atoms with Crippen LogP contribution in [0.3, 0.4) is 0 Å². The molecule has 0 bridgehead atoms. The summed E-state index contributed by atoms with van der Waals surface area (Å²) in [6.45, 7) is 11.3. The van der Waals surface area contributed by atoms with Gasteiger partial charge in [0.25, 0.3) is 0 Å². The van der Waals surface area contributed by atoms with Crippen LogP contribution >= 0.6 is 0 Å². The number of nitrogens with zero attached hydrogens (tertiary/aromatic N) is 2. The fourth-order valence-corrected chi connectivity index (χ4v) is 7.39. The summed E-state index contributed by atoms with van der Waals surface area (Å²) >= 11 is 0. The summed E-state index contributed by atoms with van der Waals surface area (Å²) < 4.78 is 28.8. The molecule has 0 saturated heterocycles. The maximum atomic E-state index is 14.0. The first-order valence-electron chi connectivity index (χ1n) is 16.6. The van der Waals surface area contributed by atoms with Crippen molar-refractivity contribution in [3.05, 3.63) is 95.8 Å². The van der Waals surface area contributed by atoms with Gasteiger partial charge in [-0.2, -0.15) is 4.31 Å². The van der Waals surface area contributed by atoms with Crippen molar-refractivity contribution < 1.29 is 23.1 Å². The Morgan fingerprint density at radius 2 is 1.62 bits per heavy atom. The Morgan fingerprint density at radius 1 is 0.958 bits per heavy atom. The number of rotatable bonds is 16. The van der Waals surface area contributed by atoms with E-state index in [4.69, 9.17) is 0 Å². The highest BCUT2D eigenvalue weighted by Gasteiger charge is 2.45. The zero-order valence-corrected chi connectivity index (χ0v) is 29.8. The number of sulfonamides is 1. The molecule has 1 aliphatic rings. The fraction of sp³-hybridized carbons (Fsp3) is 0.486. The lowest BCUT2D eigenvalue weighted by Crippen LogP contribution is -2.59. The van der Waals surface area contributed by atoms with Gasteiger partial charge in [0.2, 0.25) is 21.8 Å². The van der Waals surface area contributed by atoms with E-state index in [-0.39, 0.29) is 48.3 Å². The van der Waals surface area contributed by atoms with Crippen molar-refractivity contribution in [1.82, 2.24) is 25.2 Å². The molecule has 1 aliphatic carbocycles. The smallest absolute Gasteiger partial charge is 0.243 e. The number of pyridine rings is 1. The van der Waals surface area contributed by atoms with Crippen LogP contribution in [0.2, 0.25) is 0 Å². The predicted molar refractivity (Wildman–Crippen MR) is 187 cm³/mol. The quantitative estimate of drug-likeness (QED) is 0.180. The molecule has 10 nitrogen and oxygen atoms in total. The molecule has 3 aromatic rings. The van der Waals surface area contributed by atoms with Crippen molar-refractivity contribution in [2.45, 2.75) is 89.4 Å². The molecule has 2 aromatic carbocycles. The van der Waals surface area contributed by atoms with E-state index in [9.17, 15) is 23.1 Å². The molecule has 3 atom stereocenters. The first-order valence-corrected chi connectivity index (χ1v) is 18.1. The number of aliphatic hydroxyl groups excluding tert-OH is 1. The number of amides is 2. The molecule has 1 heterocycles. The highest BCUT2D eigenvalue weighted by molar-refractivity contribution is 7.89. The Kier molecular flexibility index (Phi) is 12.2. The van der Waals surface area contributed by atoms with Gasteiger partial charge in [0.1, 0.15) is 6.04 Å². The topological polar surface area (TPSA) is 141 Å². The van der Waals surface area contributed by atoms with Gasteiger partial charge in [-0.3, -0.25) is 19.9 Å². The Morgan fingerprint density at radius 3 is 2.19 bits per heavy atom. The van der Waals surface area contributed by atoms with Crippen LogP contribution in [0.4, 0.5) is 0 Å². The highest BCUT2D eigenvalue weighted by atomic mass is 32.2. The van der Waals surface area contributed by atoms with Crippen LogP contribution < -0.4 is 16.0 Å². The average molecular weight is 678 g/mol. The van der Waals surface area contributed by atoms with Crippen LogP contribution in [0.5, 0.6) is 0 Å². The summed E-state index contributed by atoms with van der Waals surface area (Å²) in [5, 5.41) is 21.0. The van der Waals surface area contributed by atoms with Gasteiger partial charge >= 0.3 is 0 Å². The third-order valence-corrected chi connectivity index (χ3v) is 10.5. The van der Waals surface area contributed by atoms with Gasteiger partial charge in [0.15, 0.2) is 0 Å². The summed E-state index contributed by atoms with van der Waals surface area (Å²) in [4.78, 5) is 31.6. The molecule has 0 aliphatic heterocycles. The molecule has 11 heteroatoms. The number of hydrogen-bond acceptors (Lipinski definition) is 7. The lowest BCUT2D eigenvalue weighted by molar-refractivity contribution is -0.132. The third-order valence-electron chi connectivity index (χ3n) is 8.69. The van der Waals surface area contributed by atoms with E-state index in [0.29, 0.717) is 0 Å². The van der Waals surface area contributed by atoms with E-state index >= 15 is 0 Å². The van der Waals surface area contributed by atoms with E-state index in [2.05, 4.69) is 20.9 Å². The maximum Gasteiger partial charge on any atom is 0.243 e. The minimum Gasteiger partial charge on any atom is -0.390 e. The molecule has 4 N–H and O–H groups in total. The number of carbonyl (C=O) groups excluding carboxylic acids is 2. The van der Waals surface area contributed by atoms with E-state index in [1.807, 2.05) is 84.0 Å². The van der Waals surface area contributed by atoms with Crippen molar-refractivity contribution >= 4 is 21.8 Å². The normalized spacial score (nSPS) is 16.3. The first-order chi connectivity index (χ1) is 22.6. The molecular formula is C37H51N5O5S. The second kappa shape index (κ2) is 15.7. The Bertz CT molecular complexity index is 1610. The Hall–Kier alpha value is -3.64. The molecular weight excluding hydrogens is 627 g/mol. The van der Waals surface area contributed by atoms with Gasteiger partial charge in [-0.05, 0) is 66.8 Å². The summed E-state index contributed by atoms with van der Waals surface area (Å²) in [5.41, 5.74) is 1.87. The SMILES string of the molecule is Cc1ccc(S(=O)(=O)N(CC(C)C)CC(O)C(Cc2ccccc2)NC(=O)C(NC(=O)CNC2(c3cccnc3)CC2)C(C)(C)C)cc1. The molecule has 2 amide bonds. The number of carbonyl (C=O) groups is 2. The monoisotopic (exact) mass is 677 g/mol. The minimum absolute atomic E-state index is 0.0124. The third kappa shape index (κ3) is 9.95. The van der Waals surface area contributed by atoms with Crippen LogP contribution in [0.15, 0.2) is 84.0 Å². The molecule has 0 spiro atoms. The van der Waals surface area contributed by atoms with E-state index < -0.39 is 39.5 Å². The number of aliphatic hydroxyl groups is 1. The van der Waals surface area contributed by atoms with Gasteiger partial charge in [-0.25, -0.2) is 8.42 Å². The Balaban J connectivity index is 1.52. The second-order valence-electron chi connectivity index (χ2n) is 14.4. The van der Waals surface area contributed by atoms with Crippen LogP contribution in [0.25, 0.3) is 0 Å². The largest absolute Gasteiger partial charge is 0.390 e. The number of nitrogens with one attached hydrogen (secondary N) is 3. The second-order valence-corrected chi connectivity index (χ2v) is 16.4. The van der Waals surface area contributed by atoms with Crippen molar-refractivity contribution in [2.75, 3.05) is 19.6 Å². The average Bonchev–Trinajstić information content (AvgIpc) is 3.83.